The zero-order chi connectivity index (χ0) is 19.7. The first kappa shape index (κ1) is 19.1. The number of benzene rings is 2. The molecule has 1 heterocycles. The Morgan fingerprint density at radius 1 is 1.11 bits per heavy atom. The summed E-state index contributed by atoms with van der Waals surface area (Å²) in [5, 5.41) is 8.81. The fourth-order valence-corrected chi connectivity index (χ4v) is 3.29. The summed E-state index contributed by atoms with van der Waals surface area (Å²) in [6, 6.07) is 6.71. The molecule has 1 fully saturated rings. The largest absolute Gasteiger partial charge is 0.366 e. The summed E-state index contributed by atoms with van der Waals surface area (Å²) in [5.41, 5.74) is 0.765. The molecule has 3 rings (SSSR count). The molecule has 2 aromatic carbocycles. The highest BCUT2D eigenvalue weighted by Gasteiger charge is 2.28. The van der Waals surface area contributed by atoms with Gasteiger partial charge in [0.15, 0.2) is 11.6 Å². The smallest absolute Gasteiger partial charge is 0.258 e. The molecule has 8 heteroatoms. The molecule has 0 bridgehead atoms. The average molecular weight is 394 g/mol. The Kier molecular flexibility index (Phi) is 5.29. The van der Waals surface area contributed by atoms with Crippen LogP contribution >= 0.6 is 11.6 Å². The van der Waals surface area contributed by atoms with Crippen molar-refractivity contribution in [2.45, 2.75) is 6.92 Å². The molecule has 0 N–H and O–H groups in total. The molecule has 1 aliphatic heterocycles. The number of piperazine rings is 1. The number of carbonyl (C=O) groups excluding carboxylic acids is 1. The lowest BCUT2D eigenvalue weighted by atomic mass is 10.1. The molecule has 2 aromatic rings. The highest BCUT2D eigenvalue weighted by Crippen LogP contribution is 2.27. The van der Waals surface area contributed by atoms with Crippen molar-refractivity contribution in [3.63, 3.8) is 0 Å². The SMILES string of the molecule is Cc1cc(N2CCN(C(=O)c3c(Cl)ccc(F)c3F)CC2)c(F)cc1C#N. The predicted octanol–water partition coefficient (Wildman–Crippen LogP) is 3.90. The summed E-state index contributed by atoms with van der Waals surface area (Å²) < 4.78 is 41.7. The number of hydrogen-bond donors (Lipinski definition) is 0. The number of halogens is 4. The van der Waals surface area contributed by atoms with Crippen LogP contribution in [0.15, 0.2) is 24.3 Å². The molecule has 0 atom stereocenters. The first-order valence-corrected chi connectivity index (χ1v) is 8.59. The normalized spacial score (nSPS) is 14.2. The van der Waals surface area contributed by atoms with Gasteiger partial charge in [-0.3, -0.25) is 4.79 Å². The zero-order valence-corrected chi connectivity index (χ0v) is 15.2. The van der Waals surface area contributed by atoms with Crippen LogP contribution in [0.5, 0.6) is 0 Å². The van der Waals surface area contributed by atoms with E-state index in [2.05, 4.69) is 0 Å². The topological polar surface area (TPSA) is 47.3 Å². The minimum absolute atomic E-state index is 0.157. The van der Waals surface area contributed by atoms with E-state index in [1.165, 1.54) is 11.0 Å². The molecule has 0 spiro atoms. The van der Waals surface area contributed by atoms with Crippen LogP contribution in [-0.4, -0.2) is 37.0 Å². The minimum atomic E-state index is -1.27. The third kappa shape index (κ3) is 3.58. The van der Waals surface area contributed by atoms with E-state index in [9.17, 15) is 18.0 Å². The van der Waals surface area contributed by atoms with Crippen LogP contribution in [0.4, 0.5) is 18.9 Å². The average Bonchev–Trinajstić information content (AvgIpc) is 2.66. The van der Waals surface area contributed by atoms with Crippen LogP contribution in [0.3, 0.4) is 0 Å². The van der Waals surface area contributed by atoms with E-state index in [0.717, 1.165) is 12.1 Å². The van der Waals surface area contributed by atoms with Crippen LogP contribution in [0.1, 0.15) is 21.5 Å². The fraction of sp³-hybridized carbons (Fsp3) is 0.263. The Labute approximate surface area is 159 Å². The van der Waals surface area contributed by atoms with E-state index in [4.69, 9.17) is 16.9 Å². The Bertz CT molecular complexity index is 950. The number of hydrogen-bond acceptors (Lipinski definition) is 3. The second kappa shape index (κ2) is 7.49. The van der Waals surface area contributed by atoms with Crippen molar-refractivity contribution in [1.82, 2.24) is 4.90 Å². The molecule has 27 heavy (non-hydrogen) atoms. The number of amides is 1. The number of rotatable bonds is 2. The maximum atomic E-state index is 14.3. The molecule has 0 radical (unpaired) electrons. The van der Waals surface area contributed by atoms with E-state index in [1.54, 1.807) is 17.9 Å². The van der Waals surface area contributed by atoms with Crippen LogP contribution < -0.4 is 4.90 Å². The van der Waals surface area contributed by atoms with Crippen LogP contribution in [0.2, 0.25) is 5.02 Å². The van der Waals surface area contributed by atoms with Crippen molar-refractivity contribution in [3.8, 4) is 6.07 Å². The quantitative estimate of drug-likeness (QED) is 0.727. The van der Waals surface area contributed by atoms with Gasteiger partial charge in [0.1, 0.15) is 5.82 Å². The van der Waals surface area contributed by atoms with Gasteiger partial charge in [-0.1, -0.05) is 11.6 Å². The number of anilines is 1. The molecule has 1 amide bonds. The lowest BCUT2D eigenvalue weighted by molar-refractivity contribution is 0.0741. The lowest BCUT2D eigenvalue weighted by Crippen LogP contribution is -2.49. The van der Waals surface area contributed by atoms with Crippen molar-refractivity contribution in [1.29, 1.82) is 5.26 Å². The molecule has 1 aliphatic rings. The number of nitriles is 1. The summed E-state index contributed by atoms with van der Waals surface area (Å²) >= 11 is 5.87. The molecular weight excluding hydrogens is 379 g/mol. The molecule has 0 saturated carbocycles. The highest BCUT2D eigenvalue weighted by molar-refractivity contribution is 6.33. The van der Waals surface area contributed by atoms with Gasteiger partial charge in [0.2, 0.25) is 0 Å². The first-order valence-electron chi connectivity index (χ1n) is 8.21. The van der Waals surface area contributed by atoms with Crippen molar-refractivity contribution in [3.05, 3.63) is 63.4 Å². The van der Waals surface area contributed by atoms with Gasteiger partial charge in [-0.2, -0.15) is 5.26 Å². The first-order chi connectivity index (χ1) is 12.8. The van der Waals surface area contributed by atoms with Gasteiger partial charge in [0.05, 0.1) is 27.9 Å². The van der Waals surface area contributed by atoms with E-state index < -0.39 is 28.9 Å². The summed E-state index contributed by atoms with van der Waals surface area (Å²) in [4.78, 5) is 15.7. The molecule has 0 unspecified atom stereocenters. The minimum Gasteiger partial charge on any atom is -0.366 e. The van der Waals surface area contributed by atoms with Crippen LogP contribution in [0.25, 0.3) is 0 Å². The van der Waals surface area contributed by atoms with Gasteiger partial charge in [-0.05, 0) is 36.8 Å². The van der Waals surface area contributed by atoms with Crippen molar-refractivity contribution in [2.24, 2.45) is 0 Å². The Morgan fingerprint density at radius 3 is 2.41 bits per heavy atom. The highest BCUT2D eigenvalue weighted by atomic mass is 35.5. The van der Waals surface area contributed by atoms with E-state index in [-0.39, 0.29) is 23.7 Å². The van der Waals surface area contributed by atoms with E-state index in [0.29, 0.717) is 24.3 Å². The molecule has 0 aliphatic carbocycles. The maximum Gasteiger partial charge on any atom is 0.258 e. The molecule has 4 nitrogen and oxygen atoms in total. The number of nitrogens with zero attached hydrogens (tertiary/aromatic N) is 3. The Morgan fingerprint density at radius 2 is 1.78 bits per heavy atom. The summed E-state index contributed by atoms with van der Waals surface area (Å²) in [5.74, 6) is -3.63. The standard InChI is InChI=1S/C19H15ClF3N3O/c1-11-8-16(15(22)9-12(11)10-24)25-4-6-26(7-5-25)19(27)17-13(20)2-3-14(21)18(17)23/h2-3,8-9H,4-7H2,1H3. The van der Waals surface area contributed by atoms with Crippen molar-refractivity contribution in [2.75, 3.05) is 31.1 Å². The van der Waals surface area contributed by atoms with Gasteiger partial charge >= 0.3 is 0 Å². The molecule has 1 saturated heterocycles. The molecule has 0 aromatic heterocycles. The van der Waals surface area contributed by atoms with E-state index >= 15 is 0 Å². The van der Waals surface area contributed by atoms with Crippen LogP contribution in [0, 0.1) is 35.7 Å². The third-order valence-electron chi connectivity index (χ3n) is 4.58. The van der Waals surface area contributed by atoms with Gasteiger partial charge in [0, 0.05) is 26.2 Å². The van der Waals surface area contributed by atoms with Crippen LogP contribution in [-0.2, 0) is 0 Å². The monoisotopic (exact) mass is 393 g/mol. The second-order valence-electron chi connectivity index (χ2n) is 6.23. The molecule has 140 valence electrons. The van der Waals surface area contributed by atoms with Crippen molar-refractivity contribution >= 4 is 23.2 Å². The summed E-state index contributed by atoms with van der Waals surface area (Å²) in [6.45, 7) is 2.73. The summed E-state index contributed by atoms with van der Waals surface area (Å²) in [6.07, 6.45) is 0. The number of carbonyl (C=O) groups is 1. The Balaban J connectivity index is 1.77. The van der Waals surface area contributed by atoms with Gasteiger partial charge in [-0.15, -0.1) is 0 Å². The lowest BCUT2D eigenvalue weighted by Gasteiger charge is -2.36. The van der Waals surface area contributed by atoms with Crippen molar-refractivity contribution < 1.29 is 18.0 Å². The van der Waals surface area contributed by atoms with Gasteiger partial charge < -0.3 is 9.80 Å². The molecular formula is C19H15ClF3N3O. The zero-order valence-electron chi connectivity index (χ0n) is 14.4. The third-order valence-corrected chi connectivity index (χ3v) is 4.89. The predicted molar refractivity (Wildman–Crippen MR) is 95.3 cm³/mol. The second-order valence-corrected chi connectivity index (χ2v) is 6.63. The van der Waals surface area contributed by atoms with Gasteiger partial charge in [-0.25, -0.2) is 13.2 Å². The Hall–Kier alpha value is -2.72. The van der Waals surface area contributed by atoms with Gasteiger partial charge in [0.25, 0.3) is 5.91 Å². The summed E-state index contributed by atoms with van der Waals surface area (Å²) in [7, 11) is 0. The fourth-order valence-electron chi connectivity index (χ4n) is 3.06. The van der Waals surface area contributed by atoms with E-state index in [1.807, 2.05) is 6.07 Å². The number of aryl methyl sites for hydroxylation is 1. The maximum absolute atomic E-state index is 14.3.